The van der Waals surface area contributed by atoms with Crippen LogP contribution < -0.4 is 11.3 Å². The van der Waals surface area contributed by atoms with Crippen LogP contribution in [0.4, 0.5) is 11.4 Å². The van der Waals surface area contributed by atoms with Crippen LogP contribution in [0.5, 0.6) is 0 Å². The molecule has 0 radical (unpaired) electrons. The van der Waals surface area contributed by atoms with Gasteiger partial charge in [0.15, 0.2) is 0 Å². The van der Waals surface area contributed by atoms with E-state index in [0.29, 0.717) is 0 Å². The Hall–Kier alpha value is -3.62. The summed E-state index contributed by atoms with van der Waals surface area (Å²) in [5.74, 6) is 0. The van der Waals surface area contributed by atoms with Crippen molar-refractivity contribution in [2.45, 2.75) is 0 Å². The molecule has 9 heteroatoms. The van der Waals surface area contributed by atoms with Crippen molar-refractivity contribution in [2.24, 2.45) is 0 Å². The zero-order valence-electron chi connectivity index (χ0n) is 11.2. The molecule has 9 nitrogen and oxygen atoms in total. The van der Waals surface area contributed by atoms with Crippen LogP contribution in [-0.4, -0.2) is 9.85 Å². The van der Waals surface area contributed by atoms with E-state index in [4.69, 9.17) is 0 Å². The number of hydrogen-bond donors (Lipinski definition) is 0. The zero-order chi connectivity index (χ0) is 16.7. The lowest BCUT2D eigenvalue weighted by Gasteiger charge is -1.97. The molecular formula is C14H6N2O7. The molecular weight excluding hydrogens is 308 g/mol. The minimum atomic E-state index is -0.973. The van der Waals surface area contributed by atoms with Gasteiger partial charge in [-0.15, -0.1) is 0 Å². The van der Waals surface area contributed by atoms with Crippen LogP contribution in [0.15, 0.2) is 50.4 Å². The number of non-ortho nitro benzene ring substituents is 2. The van der Waals surface area contributed by atoms with Gasteiger partial charge in [0.05, 0.1) is 20.6 Å². The largest absolute Gasteiger partial charge is 0.386 e. The van der Waals surface area contributed by atoms with E-state index < -0.39 is 21.1 Å². The van der Waals surface area contributed by atoms with Crippen LogP contribution in [0.3, 0.4) is 0 Å². The van der Waals surface area contributed by atoms with Crippen molar-refractivity contribution in [2.75, 3.05) is 0 Å². The molecule has 1 aromatic heterocycles. The van der Waals surface area contributed by atoms with Crippen LogP contribution in [0, 0.1) is 20.2 Å². The third-order valence-corrected chi connectivity index (χ3v) is 3.34. The first-order valence-electron chi connectivity index (χ1n) is 6.22. The highest BCUT2D eigenvalue weighted by atomic mass is 16.6. The highest BCUT2D eigenvalue weighted by Crippen LogP contribution is 2.27. The van der Waals surface area contributed by atoms with Gasteiger partial charge in [-0.1, -0.05) is 0 Å². The molecule has 2 aromatic carbocycles. The second kappa shape index (κ2) is 4.98. The quantitative estimate of drug-likeness (QED) is 0.522. The van der Waals surface area contributed by atoms with Gasteiger partial charge in [0.2, 0.25) is 0 Å². The van der Waals surface area contributed by atoms with E-state index >= 15 is 0 Å². The minimum absolute atomic E-state index is 0.0359. The number of rotatable bonds is 2. The molecule has 0 fully saturated rings. The number of nitrogens with zero attached hydrogens (tertiary/aromatic N) is 2. The topological polar surface area (TPSA) is 134 Å². The molecule has 0 saturated heterocycles. The second-order valence-corrected chi connectivity index (χ2v) is 4.65. The van der Waals surface area contributed by atoms with Crippen molar-refractivity contribution < 1.29 is 14.3 Å². The first-order chi connectivity index (χ1) is 10.9. The highest BCUT2D eigenvalue weighted by Gasteiger charge is 2.15. The van der Waals surface area contributed by atoms with Crippen molar-refractivity contribution in [3.63, 3.8) is 0 Å². The zero-order valence-corrected chi connectivity index (χ0v) is 11.2. The van der Waals surface area contributed by atoms with E-state index in [-0.39, 0.29) is 32.9 Å². The van der Waals surface area contributed by atoms with Gasteiger partial charge in [-0.2, -0.15) is 0 Å². The van der Waals surface area contributed by atoms with E-state index in [1.165, 1.54) is 0 Å². The van der Waals surface area contributed by atoms with Crippen molar-refractivity contribution in [1.29, 1.82) is 0 Å². The van der Waals surface area contributed by atoms with Crippen LogP contribution in [0.25, 0.3) is 21.5 Å². The maximum absolute atomic E-state index is 11.9. The summed E-state index contributed by atoms with van der Waals surface area (Å²) in [5.41, 5.74) is -2.58. The first kappa shape index (κ1) is 14.3. The molecule has 3 rings (SSSR count). The average Bonchev–Trinajstić information content (AvgIpc) is 2.62. The van der Waals surface area contributed by atoms with Crippen LogP contribution in [0.1, 0.15) is 0 Å². The van der Waals surface area contributed by atoms with E-state index in [2.05, 4.69) is 4.42 Å². The van der Waals surface area contributed by atoms with Crippen molar-refractivity contribution >= 4 is 32.9 Å². The Bertz CT molecular complexity index is 1030. The molecule has 0 aliphatic heterocycles. The number of hydrogen-bond acceptors (Lipinski definition) is 7. The third kappa shape index (κ3) is 2.29. The Morgan fingerprint density at radius 3 is 1.43 bits per heavy atom. The summed E-state index contributed by atoms with van der Waals surface area (Å²) < 4.78 is 4.65. The predicted octanol–water partition coefficient (Wildman–Crippen LogP) is 2.12. The van der Waals surface area contributed by atoms with Gasteiger partial charge in [-0.3, -0.25) is 20.2 Å². The molecule has 0 amide bonds. The standard InChI is InChI=1S/C14H6N2O7/c17-13-9-3-1-7(15(19)20)5-11(9)12-6-8(16(21)22)2-4-10(12)14(18)23-13/h1-6H. The lowest BCUT2D eigenvalue weighted by atomic mass is 10.1. The van der Waals surface area contributed by atoms with Gasteiger partial charge in [-0.05, 0) is 12.1 Å². The Morgan fingerprint density at radius 1 is 0.696 bits per heavy atom. The van der Waals surface area contributed by atoms with Crippen molar-refractivity contribution in [1.82, 2.24) is 0 Å². The highest BCUT2D eigenvalue weighted by molar-refractivity contribution is 6.06. The SMILES string of the molecule is O=c1oc(=O)c2ccc([N+](=O)[O-])cc2c2cc([N+](=O)[O-])ccc12. The summed E-state index contributed by atoms with van der Waals surface area (Å²) >= 11 is 0. The fourth-order valence-electron chi connectivity index (χ4n) is 2.29. The molecule has 0 saturated carbocycles. The van der Waals surface area contributed by atoms with Crippen LogP contribution >= 0.6 is 0 Å². The fourth-order valence-corrected chi connectivity index (χ4v) is 2.29. The summed E-state index contributed by atoms with van der Waals surface area (Å²) in [5, 5.41) is 21.8. The van der Waals surface area contributed by atoms with Gasteiger partial charge in [-0.25, -0.2) is 9.59 Å². The molecule has 0 aliphatic rings. The predicted molar refractivity (Wildman–Crippen MR) is 79.6 cm³/mol. The van der Waals surface area contributed by atoms with Gasteiger partial charge >= 0.3 is 11.3 Å². The Labute approximate surface area is 125 Å². The number of fused-ring (bicyclic) bond motifs is 3. The molecule has 3 aromatic rings. The van der Waals surface area contributed by atoms with Gasteiger partial charge in [0, 0.05) is 35.0 Å². The van der Waals surface area contributed by atoms with Gasteiger partial charge < -0.3 is 4.42 Å². The molecule has 114 valence electrons. The molecule has 0 spiro atoms. The first-order valence-corrected chi connectivity index (χ1v) is 6.22. The average molecular weight is 314 g/mol. The number of benzene rings is 2. The number of nitro benzene ring substituents is 2. The van der Waals surface area contributed by atoms with Crippen LogP contribution in [-0.2, 0) is 0 Å². The van der Waals surface area contributed by atoms with Gasteiger partial charge in [0.25, 0.3) is 11.4 Å². The molecule has 0 N–H and O–H groups in total. The lowest BCUT2D eigenvalue weighted by molar-refractivity contribution is -0.385. The lowest BCUT2D eigenvalue weighted by Crippen LogP contribution is -2.04. The van der Waals surface area contributed by atoms with Crippen LogP contribution in [0.2, 0.25) is 0 Å². The minimum Gasteiger partial charge on any atom is -0.386 e. The summed E-state index contributed by atoms with van der Waals surface area (Å²) in [6.07, 6.45) is 0. The van der Waals surface area contributed by atoms with E-state index in [9.17, 15) is 29.8 Å². The molecule has 0 bridgehead atoms. The summed E-state index contributed by atoms with van der Waals surface area (Å²) in [4.78, 5) is 44.4. The summed E-state index contributed by atoms with van der Waals surface area (Å²) in [7, 11) is 0. The Kier molecular flexibility index (Phi) is 3.10. The van der Waals surface area contributed by atoms with E-state index in [1.807, 2.05) is 0 Å². The normalized spacial score (nSPS) is 10.8. The maximum Gasteiger partial charge on any atom is 0.346 e. The number of nitro groups is 2. The summed E-state index contributed by atoms with van der Waals surface area (Å²) in [6, 6.07) is 6.64. The molecule has 23 heavy (non-hydrogen) atoms. The molecule has 0 atom stereocenters. The van der Waals surface area contributed by atoms with Gasteiger partial charge in [0.1, 0.15) is 0 Å². The molecule has 0 unspecified atom stereocenters. The smallest absolute Gasteiger partial charge is 0.346 e. The van der Waals surface area contributed by atoms with E-state index in [1.54, 1.807) is 0 Å². The Morgan fingerprint density at radius 2 is 1.09 bits per heavy atom. The third-order valence-electron chi connectivity index (χ3n) is 3.34. The fraction of sp³-hybridized carbons (Fsp3) is 0. The maximum atomic E-state index is 11.9. The van der Waals surface area contributed by atoms with Crippen molar-refractivity contribution in [3.05, 3.63) is 77.5 Å². The monoisotopic (exact) mass is 314 g/mol. The summed E-state index contributed by atoms with van der Waals surface area (Å²) in [6.45, 7) is 0. The molecule has 0 aliphatic carbocycles. The van der Waals surface area contributed by atoms with Crippen molar-refractivity contribution in [3.8, 4) is 0 Å². The van der Waals surface area contributed by atoms with E-state index in [0.717, 1.165) is 36.4 Å². The second-order valence-electron chi connectivity index (χ2n) is 4.65. The Balaban J connectivity index is 2.65. The molecule has 1 heterocycles.